The van der Waals surface area contributed by atoms with Crippen LogP contribution in [-0.4, -0.2) is 36.5 Å². The molecular weight excluding hydrogens is 181 g/mol. The monoisotopic (exact) mass is 195 g/mol. The number of alkyl halides is 1. The van der Waals surface area contributed by atoms with Crippen molar-refractivity contribution in [1.82, 2.24) is 4.90 Å². The zero-order chi connectivity index (χ0) is 8.32. The zero-order valence-electron chi connectivity index (χ0n) is 7.25. The Morgan fingerprint density at radius 3 is 2.83 bits per heavy atom. The maximum absolute atomic E-state index is 13.3. The summed E-state index contributed by atoms with van der Waals surface area (Å²) in [5.74, 6) is 0. The van der Waals surface area contributed by atoms with E-state index in [-0.39, 0.29) is 12.4 Å². The predicted octanol–water partition coefficient (Wildman–Crippen LogP) is 1.43. The average molecular weight is 196 g/mol. The molecule has 1 fully saturated rings. The van der Waals surface area contributed by atoms with Crippen LogP contribution in [0.3, 0.4) is 0 Å². The van der Waals surface area contributed by atoms with E-state index in [2.05, 4.69) is 0 Å². The Balaban J connectivity index is 0.00000121. The van der Waals surface area contributed by atoms with Crippen LogP contribution in [0.15, 0.2) is 0 Å². The molecule has 1 aliphatic rings. The van der Waals surface area contributed by atoms with Gasteiger partial charge in [-0.3, -0.25) is 4.90 Å². The highest BCUT2D eigenvalue weighted by Gasteiger charge is 2.29. The summed E-state index contributed by atoms with van der Waals surface area (Å²) in [5.41, 5.74) is -1.08. The molecule has 12 heavy (non-hydrogen) atoms. The fraction of sp³-hybridized carbons (Fsp3) is 0.875. The first-order valence-corrected chi connectivity index (χ1v) is 3.99. The van der Waals surface area contributed by atoms with Gasteiger partial charge in [-0.2, -0.15) is 0 Å². The lowest BCUT2D eigenvalue weighted by Gasteiger charge is -2.33. The topological polar surface area (TPSA) is 20.3 Å². The number of aldehydes is 1. The van der Waals surface area contributed by atoms with E-state index in [1.165, 1.54) is 0 Å². The Kier molecular flexibility index (Phi) is 4.71. The van der Waals surface area contributed by atoms with E-state index in [0.29, 0.717) is 19.5 Å². The van der Waals surface area contributed by atoms with Crippen molar-refractivity contribution in [2.45, 2.75) is 25.4 Å². The van der Waals surface area contributed by atoms with Crippen molar-refractivity contribution in [2.24, 2.45) is 0 Å². The quantitative estimate of drug-likeness (QED) is 0.622. The summed E-state index contributed by atoms with van der Waals surface area (Å²) in [6.45, 7) is 3.24. The normalized spacial score (nSPS) is 30.8. The lowest BCUT2D eigenvalue weighted by molar-refractivity contribution is -0.109. The largest absolute Gasteiger partial charge is 0.302 e. The molecule has 1 saturated heterocycles. The molecule has 1 rings (SSSR count). The first kappa shape index (κ1) is 11.8. The number of rotatable bonds is 2. The van der Waals surface area contributed by atoms with Gasteiger partial charge in [-0.1, -0.05) is 0 Å². The molecule has 0 spiro atoms. The molecule has 0 aromatic heterocycles. The molecule has 0 aromatic rings. The summed E-state index contributed by atoms with van der Waals surface area (Å²) in [7, 11) is 0. The van der Waals surface area contributed by atoms with Gasteiger partial charge in [0.05, 0.1) is 6.54 Å². The molecule has 1 aliphatic heterocycles. The number of carbonyl (C=O) groups is 1. The molecule has 0 saturated carbocycles. The van der Waals surface area contributed by atoms with Crippen molar-refractivity contribution in [3.05, 3.63) is 0 Å². The van der Waals surface area contributed by atoms with Crippen LogP contribution in [0.4, 0.5) is 4.39 Å². The molecule has 1 heterocycles. The van der Waals surface area contributed by atoms with Gasteiger partial charge in [0.15, 0.2) is 0 Å². The van der Waals surface area contributed by atoms with Crippen molar-refractivity contribution in [1.29, 1.82) is 0 Å². The number of hydrogen-bond donors (Lipinski definition) is 0. The SMILES string of the molecule is CC1(F)CCCN(CC=O)C1.Cl. The highest BCUT2D eigenvalue weighted by molar-refractivity contribution is 5.85. The van der Waals surface area contributed by atoms with Gasteiger partial charge < -0.3 is 4.79 Å². The van der Waals surface area contributed by atoms with Crippen molar-refractivity contribution in [3.8, 4) is 0 Å². The standard InChI is InChI=1S/C8H14FNO.ClH/c1-8(9)3-2-4-10(7-8)5-6-11;/h6H,2-5,7H2,1H3;1H. The Morgan fingerprint density at radius 2 is 2.33 bits per heavy atom. The summed E-state index contributed by atoms with van der Waals surface area (Å²) in [6, 6.07) is 0. The second-order valence-electron chi connectivity index (χ2n) is 3.42. The van der Waals surface area contributed by atoms with Crippen molar-refractivity contribution in [3.63, 3.8) is 0 Å². The van der Waals surface area contributed by atoms with Gasteiger partial charge in [-0.15, -0.1) is 12.4 Å². The van der Waals surface area contributed by atoms with E-state index < -0.39 is 5.67 Å². The number of carbonyl (C=O) groups excluding carboxylic acids is 1. The predicted molar refractivity (Wildman–Crippen MR) is 48.5 cm³/mol. The van der Waals surface area contributed by atoms with Crippen LogP contribution >= 0.6 is 12.4 Å². The molecular formula is C8H15ClFNO. The second kappa shape index (κ2) is 4.77. The Hall–Kier alpha value is -0.150. The second-order valence-corrected chi connectivity index (χ2v) is 3.42. The third kappa shape index (κ3) is 3.50. The lowest BCUT2D eigenvalue weighted by atomic mass is 9.97. The minimum absolute atomic E-state index is 0. The van der Waals surface area contributed by atoms with Crippen LogP contribution in [0.5, 0.6) is 0 Å². The first-order chi connectivity index (χ1) is 5.14. The Labute approximate surface area is 78.5 Å². The van der Waals surface area contributed by atoms with Crippen LogP contribution < -0.4 is 0 Å². The van der Waals surface area contributed by atoms with E-state index in [1.54, 1.807) is 6.92 Å². The molecule has 0 amide bonds. The van der Waals surface area contributed by atoms with Gasteiger partial charge in [-0.25, -0.2) is 4.39 Å². The fourth-order valence-corrected chi connectivity index (χ4v) is 1.56. The number of piperidine rings is 1. The van der Waals surface area contributed by atoms with Crippen LogP contribution in [0.25, 0.3) is 0 Å². The van der Waals surface area contributed by atoms with E-state index in [4.69, 9.17) is 0 Å². The van der Waals surface area contributed by atoms with E-state index in [0.717, 1.165) is 19.3 Å². The summed E-state index contributed by atoms with van der Waals surface area (Å²) in [5, 5.41) is 0. The molecule has 0 bridgehead atoms. The number of halogens is 2. The molecule has 1 unspecified atom stereocenters. The van der Waals surface area contributed by atoms with Gasteiger partial charge in [0.25, 0.3) is 0 Å². The summed E-state index contributed by atoms with van der Waals surface area (Å²) in [4.78, 5) is 12.0. The lowest BCUT2D eigenvalue weighted by Crippen LogP contribution is -2.43. The average Bonchev–Trinajstić information content (AvgIpc) is 1.85. The fourth-order valence-electron chi connectivity index (χ4n) is 1.56. The molecule has 72 valence electrons. The third-order valence-corrected chi connectivity index (χ3v) is 2.06. The summed E-state index contributed by atoms with van der Waals surface area (Å²) in [6.07, 6.45) is 2.32. The first-order valence-electron chi connectivity index (χ1n) is 3.99. The van der Waals surface area contributed by atoms with Crippen LogP contribution in [0.1, 0.15) is 19.8 Å². The number of likely N-dealkylation sites (tertiary alicyclic amines) is 1. The van der Waals surface area contributed by atoms with E-state index in [1.807, 2.05) is 4.90 Å². The number of nitrogens with zero attached hydrogens (tertiary/aromatic N) is 1. The maximum Gasteiger partial charge on any atom is 0.133 e. The van der Waals surface area contributed by atoms with Gasteiger partial charge in [0.1, 0.15) is 12.0 Å². The molecule has 2 nitrogen and oxygen atoms in total. The highest BCUT2D eigenvalue weighted by Crippen LogP contribution is 2.23. The van der Waals surface area contributed by atoms with Gasteiger partial charge in [0, 0.05) is 6.54 Å². The minimum atomic E-state index is -1.08. The van der Waals surface area contributed by atoms with Crippen molar-refractivity contribution in [2.75, 3.05) is 19.6 Å². The van der Waals surface area contributed by atoms with Crippen molar-refractivity contribution < 1.29 is 9.18 Å². The van der Waals surface area contributed by atoms with Gasteiger partial charge in [-0.05, 0) is 26.3 Å². The molecule has 0 N–H and O–H groups in total. The zero-order valence-corrected chi connectivity index (χ0v) is 8.07. The third-order valence-electron chi connectivity index (χ3n) is 2.06. The van der Waals surface area contributed by atoms with Gasteiger partial charge >= 0.3 is 0 Å². The Bertz CT molecular complexity index is 152. The summed E-state index contributed by atoms with van der Waals surface area (Å²) >= 11 is 0. The minimum Gasteiger partial charge on any atom is -0.302 e. The van der Waals surface area contributed by atoms with Crippen molar-refractivity contribution >= 4 is 18.7 Å². The van der Waals surface area contributed by atoms with Crippen LogP contribution in [0.2, 0.25) is 0 Å². The van der Waals surface area contributed by atoms with E-state index >= 15 is 0 Å². The molecule has 4 heteroatoms. The molecule has 0 radical (unpaired) electrons. The number of hydrogen-bond acceptors (Lipinski definition) is 2. The summed E-state index contributed by atoms with van der Waals surface area (Å²) < 4.78 is 13.3. The molecule has 0 aliphatic carbocycles. The maximum atomic E-state index is 13.3. The molecule has 0 aromatic carbocycles. The van der Waals surface area contributed by atoms with Gasteiger partial charge in [0.2, 0.25) is 0 Å². The van der Waals surface area contributed by atoms with Crippen LogP contribution in [0, 0.1) is 0 Å². The Morgan fingerprint density at radius 1 is 1.67 bits per heavy atom. The van der Waals surface area contributed by atoms with E-state index in [9.17, 15) is 9.18 Å². The van der Waals surface area contributed by atoms with Crippen LogP contribution in [-0.2, 0) is 4.79 Å². The molecule has 1 atom stereocenters. The smallest absolute Gasteiger partial charge is 0.133 e. The highest BCUT2D eigenvalue weighted by atomic mass is 35.5.